The Labute approximate surface area is 128 Å². The van der Waals surface area contributed by atoms with Crippen molar-refractivity contribution in [2.24, 2.45) is 5.10 Å². The predicted octanol–water partition coefficient (Wildman–Crippen LogP) is 1.99. The molecule has 0 bridgehead atoms. The molecule has 4 N–H and O–H groups in total. The van der Waals surface area contributed by atoms with Gasteiger partial charge in [-0.1, -0.05) is 0 Å². The van der Waals surface area contributed by atoms with Crippen molar-refractivity contribution >= 4 is 34.9 Å². The molecule has 7 heteroatoms. The summed E-state index contributed by atoms with van der Waals surface area (Å²) in [4.78, 5) is 4.09. The van der Waals surface area contributed by atoms with Crippen LogP contribution < -0.4 is 21.2 Å². The summed E-state index contributed by atoms with van der Waals surface area (Å²) in [5.74, 6) is 0.781. The van der Waals surface area contributed by atoms with E-state index in [1.807, 2.05) is 24.3 Å². The van der Waals surface area contributed by atoms with Crippen LogP contribution in [-0.2, 0) is 0 Å². The van der Waals surface area contributed by atoms with Crippen LogP contribution in [0.15, 0.2) is 47.7 Å². The van der Waals surface area contributed by atoms with E-state index < -0.39 is 0 Å². The molecule has 0 saturated heterocycles. The number of methoxy groups -OCH3 is 1. The van der Waals surface area contributed by atoms with Crippen LogP contribution in [0.2, 0.25) is 0 Å². The lowest BCUT2D eigenvalue weighted by Gasteiger charge is -2.07. The van der Waals surface area contributed by atoms with Crippen LogP contribution in [0.3, 0.4) is 0 Å². The highest BCUT2D eigenvalue weighted by Gasteiger charge is 1.98. The molecule has 0 aliphatic carbocycles. The van der Waals surface area contributed by atoms with Gasteiger partial charge in [-0.3, -0.25) is 10.4 Å². The van der Waals surface area contributed by atoms with Crippen molar-refractivity contribution in [1.29, 1.82) is 0 Å². The minimum Gasteiger partial charge on any atom is -0.497 e. The minimum atomic E-state index is 0.367. The smallest absolute Gasteiger partial charge is 0.191 e. The van der Waals surface area contributed by atoms with E-state index in [0.717, 1.165) is 11.4 Å². The number of hydrazone groups is 1. The van der Waals surface area contributed by atoms with E-state index in [0.29, 0.717) is 16.5 Å². The fourth-order valence-corrected chi connectivity index (χ4v) is 1.69. The maximum Gasteiger partial charge on any atom is 0.191 e. The van der Waals surface area contributed by atoms with Crippen LogP contribution in [0.25, 0.3) is 0 Å². The average Bonchev–Trinajstić information content (AvgIpc) is 2.50. The Balaban J connectivity index is 1.88. The van der Waals surface area contributed by atoms with E-state index in [4.69, 9.17) is 22.7 Å². The number of hydrogen-bond acceptors (Lipinski definition) is 5. The number of hydrogen-bond donors (Lipinski definition) is 3. The lowest BCUT2D eigenvalue weighted by Crippen LogP contribution is -2.23. The Morgan fingerprint density at radius 3 is 2.76 bits per heavy atom. The molecule has 108 valence electrons. The van der Waals surface area contributed by atoms with Gasteiger partial charge in [-0.2, -0.15) is 5.10 Å². The zero-order valence-electron chi connectivity index (χ0n) is 11.4. The number of aromatic nitrogens is 1. The van der Waals surface area contributed by atoms with Crippen molar-refractivity contribution in [2.45, 2.75) is 0 Å². The molecule has 0 radical (unpaired) electrons. The van der Waals surface area contributed by atoms with Gasteiger partial charge in [-0.25, -0.2) is 0 Å². The van der Waals surface area contributed by atoms with Gasteiger partial charge in [0.05, 0.1) is 19.0 Å². The van der Waals surface area contributed by atoms with E-state index in [1.54, 1.807) is 25.4 Å². The topological polar surface area (TPSA) is 84.6 Å². The van der Waals surface area contributed by atoms with E-state index in [1.165, 1.54) is 6.21 Å². The maximum absolute atomic E-state index is 5.75. The molecular formula is C14H15N5OS. The van der Waals surface area contributed by atoms with Crippen molar-refractivity contribution in [3.05, 3.63) is 48.3 Å². The number of nitrogens with two attached hydrogens (primary N) is 1. The van der Waals surface area contributed by atoms with Crippen molar-refractivity contribution in [1.82, 2.24) is 10.4 Å². The van der Waals surface area contributed by atoms with Gasteiger partial charge < -0.3 is 15.8 Å². The largest absolute Gasteiger partial charge is 0.497 e. The molecule has 2 aromatic rings. The maximum atomic E-state index is 5.75. The van der Waals surface area contributed by atoms with Crippen LogP contribution in [0.1, 0.15) is 5.69 Å². The monoisotopic (exact) mass is 301 g/mol. The van der Waals surface area contributed by atoms with E-state index in [2.05, 4.69) is 20.8 Å². The fourth-order valence-electron chi connectivity index (χ4n) is 1.52. The van der Waals surface area contributed by atoms with Gasteiger partial charge in [0.1, 0.15) is 11.4 Å². The summed E-state index contributed by atoms with van der Waals surface area (Å²) >= 11 is 5.13. The summed E-state index contributed by atoms with van der Waals surface area (Å²) in [7, 11) is 1.62. The van der Waals surface area contributed by atoms with Crippen molar-refractivity contribution in [2.75, 3.05) is 18.2 Å². The Morgan fingerprint density at radius 2 is 2.10 bits per heavy atom. The molecule has 21 heavy (non-hydrogen) atoms. The predicted molar refractivity (Wildman–Crippen MR) is 88.6 cm³/mol. The van der Waals surface area contributed by atoms with Gasteiger partial charge in [0.2, 0.25) is 0 Å². The molecule has 0 fully saturated rings. The summed E-state index contributed by atoms with van der Waals surface area (Å²) in [6, 6.07) is 10.9. The van der Waals surface area contributed by atoms with Crippen LogP contribution in [0.4, 0.5) is 11.4 Å². The van der Waals surface area contributed by atoms with E-state index in [-0.39, 0.29) is 0 Å². The van der Waals surface area contributed by atoms with E-state index >= 15 is 0 Å². The highest BCUT2D eigenvalue weighted by Crippen LogP contribution is 2.14. The third-order valence-corrected chi connectivity index (χ3v) is 2.77. The Bertz CT molecular complexity index is 642. The summed E-state index contributed by atoms with van der Waals surface area (Å²) in [6.07, 6.45) is 3.16. The number of rotatable bonds is 4. The quantitative estimate of drug-likeness (QED) is 0.455. The Hall–Kier alpha value is -2.67. The molecule has 0 aliphatic rings. The molecule has 0 atom stereocenters. The highest BCUT2D eigenvalue weighted by atomic mass is 32.1. The molecule has 1 heterocycles. The van der Waals surface area contributed by atoms with Gasteiger partial charge in [0.15, 0.2) is 5.11 Å². The molecule has 0 saturated carbocycles. The van der Waals surface area contributed by atoms with E-state index in [9.17, 15) is 0 Å². The third-order valence-electron chi connectivity index (χ3n) is 2.57. The number of thiocarbonyl (C=S) groups is 1. The third kappa shape index (κ3) is 4.43. The number of nitrogens with zero attached hydrogens (tertiary/aromatic N) is 2. The summed E-state index contributed by atoms with van der Waals surface area (Å²) < 4.78 is 5.08. The lowest BCUT2D eigenvalue weighted by molar-refractivity contribution is 0.415. The first-order valence-electron chi connectivity index (χ1n) is 6.13. The zero-order chi connectivity index (χ0) is 15.1. The second kappa shape index (κ2) is 7.20. The number of nitrogen functional groups attached to an aromatic ring is 1. The molecular weight excluding hydrogens is 286 g/mol. The van der Waals surface area contributed by atoms with Crippen molar-refractivity contribution < 1.29 is 4.74 Å². The van der Waals surface area contributed by atoms with Crippen LogP contribution in [0.5, 0.6) is 5.75 Å². The highest BCUT2D eigenvalue weighted by molar-refractivity contribution is 7.80. The number of benzene rings is 1. The Morgan fingerprint density at radius 1 is 1.33 bits per heavy atom. The standard InChI is InChI=1S/C14H15N5OS/c1-20-11-6-4-10(5-7-11)18-14(21)19-17-9-13-12(15)3-2-8-16-13/h2-9H,15H2,1H3,(H2,18,19,21). The van der Waals surface area contributed by atoms with Crippen LogP contribution in [-0.4, -0.2) is 23.4 Å². The van der Waals surface area contributed by atoms with Gasteiger partial charge >= 0.3 is 0 Å². The van der Waals surface area contributed by atoms with Crippen LogP contribution >= 0.6 is 12.2 Å². The Kier molecular flexibility index (Phi) is 5.05. The number of nitrogens with one attached hydrogen (secondary N) is 2. The minimum absolute atomic E-state index is 0.367. The molecule has 0 amide bonds. The zero-order valence-corrected chi connectivity index (χ0v) is 12.2. The second-order valence-electron chi connectivity index (χ2n) is 4.03. The molecule has 0 unspecified atom stereocenters. The summed E-state index contributed by atoms with van der Waals surface area (Å²) in [6.45, 7) is 0. The number of anilines is 2. The molecule has 0 aliphatic heterocycles. The summed E-state index contributed by atoms with van der Waals surface area (Å²) in [5, 5.41) is 7.35. The normalized spacial score (nSPS) is 10.3. The fraction of sp³-hybridized carbons (Fsp3) is 0.0714. The summed E-state index contributed by atoms with van der Waals surface area (Å²) in [5.41, 5.74) is 10.4. The molecule has 1 aromatic heterocycles. The SMILES string of the molecule is COc1ccc(NC(=S)NN=Cc2ncccc2N)cc1. The van der Waals surface area contributed by atoms with Gasteiger partial charge in [-0.15, -0.1) is 0 Å². The first-order chi connectivity index (χ1) is 10.2. The molecule has 1 aromatic carbocycles. The molecule has 2 rings (SSSR count). The number of ether oxygens (including phenoxy) is 1. The molecule has 0 spiro atoms. The van der Waals surface area contributed by atoms with Crippen LogP contribution in [0, 0.1) is 0 Å². The molecule has 6 nitrogen and oxygen atoms in total. The van der Waals surface area contributed by atoms with Gasteiger partial charge in [0, 0.05) is 11.9 Å². The lowest BCUT2D eigenvalue weighted by atomic mass is 10.3. The van der Waals surface area contributed by atoms with Crippen molar-refractivity contribution in [3.8, 4) is 5.75 Å². The number of pyridine rings is 1. The van der Waals surface area contributed by atoms with Crippen molar-refractivity contribution in [3.63, 3.8) is 0 Å². The van der Waals surface area contributed by atoms with Gasteiger partial charge in [0.25, 0.3) is 0 Å². The average molecular weight is 301 g/mol. The first-order valence-corrected chi connectivity index (χ1v) is 6.54. The van der Waals surface area contributed by atoms with Gasteiger partial charge in [-0.05, 0) is 48.6 Å². The first kappa shape index (κ1) is 14.7. The second-order valence-corrected chi connectivity index (χ2v) is 4.44.